The summed E-state index contributed by atoms with van der Waals surface area (Å²) < 4.78 is 0. The minimum absolute atomic E-state index is 0.164. The second-order valence-corrected chi connectivity index (χ2v) is 7.95. The third-order valence-corrected chi connectivity index (χ3v) is 5.77. The number of carbonyl (C=O) groups is 2. The number of carboxylic acids is 1. The first-order chi connectivity index (χ1) is 11.0. The SMILES string of the molecule is CC(=O)SC(CCc1ccc(C2CCCCC2)c(Cl)c1)C(=O)O. The van der Waals surface area contributed by atoms with E-state index in [2.05, 4.69) is 6.07 Å². The maximum Gasteiger partial charge on any atom is 0.317 e. The van der Waals surface area contributed by atoms with Gasteiger partial charge in [-0.2, -0.15) is 0 Å². The summed E-state index contributed by atoms with van der Waals surface area (Å²) in [4.78, 5) is 22.3. The lowest BCUT2D eigenvalue weighted by Crippen LogP contribution is -2.18. The molecule has 23 heavy (non-hydrogen) atoms. The van der Waals surface area contributed by atoms with Gasteiger partial charge in [-0.3, -0.25) is 9.59 Å². The Hall–Kier alpha value is -1.00. The van der Waals surface area contributed by atoms with Crippen molar-refractivity contribution in [2.75, 3.05) is 0 Å². The number of aryl methyl sites for hydroxylation is 1. The Balaban J connectivity index is 1.99. The van der Waals surface area contributed by atoms with E-state index in [4.69, 9.17) is 16.7 Å². The van der Waals surface area contributed by atoms with Crippen LogP contribution in [0.3, 0.4) is 0 Å². The summed E-state index contributed by atoms with van der Waals surface area (Å²) in [6.45, 7) is 1.40. The molecule has 0 saturated heterocycles. The Labute approximate surface area is 146 Å². The van der Waals surface area contributed by atoms with Crippen LogP contribution in [0.25, 0.3) is 0 Å². The Morgan fingerprint density at radius 3 is 2.57 bits per heavy atom. The molecule has 0 aliphatic heterocycles. The van der Waals surface area contributed by atoms with Crippen LogP contribution in [0.4, 0.5) is 0 Å². The molecule has 0 heterocycles. The number of carboxylic acid groups (broad SMARTS) is 1. The molecular weight excluding hydrogens is 332 g/mol. The van der Waals surface area contributed by atoms with Crippen molar-refractivity contribution in [3.63, 3.8) is 0 Å². The van der Waals surface area contributed by atoms with Crippen LogP contribution in [-0.2, 0) is 16.0 Å². The van der Waals surface area contributed by atoms with Gasteiger partial charge in [-0.1, -0.05) is 54.8 Å². The second kappa shape index (κ2) is 8.74. The van der Waals surface area contributed by atoms with E-state index in [0.717, 1.165) is 22.3 Å². The lowest BCUT2D eigenvalue weighted by atomic mass is 9.83. The third-order valence-electron chi connectivity index (χ3n) is 4.39. The Morgan fingerprint density at radius 2 is 2.00 bits per heavy atom. The lowest BCUT2D eigenvalue weighted by molar-refractivity contribution is -0.136. The van der Waals surface area contributed by atoms with Crippen molar-refractivity contribution in [3.8, 4) is 0 Å². The zero-order chi connectivity index (χ0) is 16.8. The average Bonchev–Trinajstić information content (AvgIpc) is 2.51. The minimum atomic E-state index is -0.935. The summed E-state index contributed by atoms with van der Waals surface area (Å²) in [6, 6.07) is 6.11. The number of hydrogen-bond acceptors (Lipinski definition) is 3. The standard InChI is InChI=1S/C18H23ClO3S/c1-12(20)23-17(18(21)22)10-8-13-7-9-15(16(19)11-13)14-5-3-2-4-6-14/h7,9,11,14,17H,2-6,8,10H2,1H3,(H,21,22). The summed E-state index contributed by atoms with van der Waals surface area (Å²) in [7, 11) is 0. The van der Waals surface area contributed by atoms with E-state index >= 15 is 0 Å². The predicted octanol–water partition coefficient (Wildman–Crippen LogP) is 5.05. The number of carbonyl (C=O) groups excluding carboxylic acids is 1. The lowest BCUT2D eigenvalue weighted by Gasteiger charge is -2.23. The van der Waals surface area contributed by atoms with E-state index in [0.29, 0.717) is 18.8 Å². The van der Waals surface area contributed by atoms with Gasteiger partial charge >= 0.3 is 5.97 Å². The molecule has 1 N–H and O–H groups in total. The van der Waals surface area contributed by atoms with Crippen molar-refractivity contribution >= 4 is 34.4 Å². The Morgan fingerprint density at radius 1 is 1.30 bits per heavy atom. The average molecular weight is 355 g/mol. The smallest absolute Gasteiger partial charge is 0.317 e. The van der Waals surface area contributed by atoms with Gasteiger partial charge in [0.2, 0.25) is 0 Å². The first-order valence-electron chi connectivity index (χ1n) is 8.15. The molecule has 1 saturated carbocycles. The van der Waals surface area contributed by atoms with Gasteiger partial charge in [0.1, 0.15) is 5.25 Å². The van der Waals surface area contributed by atoms with Crippen LogP contribution < -0.4 is 0 Å². The van der Waals surface area contributed by atoms with E-state index in [1.807, 2.05) is 12.1 Å². The molecule has 1 unspecified atom stereocenters. The number of halogens is 1. The molecule has 0 spiro atoms. The molecule has 0 amide bonds. The number of thioether (sulfide) groups is 1. The highest BCUT2D eigenvalue weighted by Gasteiger charge is 2.21. The summed E-state index contributed by atoms with van der Waals surface area (Å²) in [6.07, 6.45) is 7.30. The van der Waals surface area contributed by atoms with Gasteiger partial charge in [0, 0.05) is 11.9 Å². The Kier molecular flexibility index (Phi) is 6.97. The van der Waals surface area contributed by atoms with Gasteiger partial charge in [-0.15, -0.1) is 0 Å². The second-order valence-electron chi connectivity index (χ2n) is 6.17. The van der Waals surface area contributed by atoms with Crippen molar-refractivity contribution in [1.82, 2.24) is 0 Å². The first-order valence-corrected chi connectivity index (χ1v) is 9.41. The molecule has 0 radical (unpaired) electrons. The molecule has 5 heteroatoms. The summed E-state index contributed by atoms with van der Waals surface area (Å²) in [5, 5.41) is 9.11. The maximum atomic E-state index is 11.2. The molecule has 1 atom stereocenters. The minimum Gasteiger partial charge on any atom is -0.480 e. The fourth-order valence-electron chi connectivity index (χ4n) is 3.20. The summed E-state index contributed by atoms with van der Waals surface area (Å²) >= 11 is 7.33. The van der Waals surface area contributed by atoms with Crippen LogP contribution in [0.15, 0.2) is 18.2 Å². The van der Waals surface area contributed by atoms with Crippen molar-refractivity contribution in [2.24, 2.45) is 0 Å². The fourth-order valence-corrected chi connectivity index (χ4v) is 4.30. The van der Waals surface area contributed by atoms with Crippen LogP contribution in [-0.4, -0.2) is 21.4 Å². The maximum absolute atomic E-state index is 11.2. The molecule has 1 aliphatic rings. The molecule has 2 rings (SSSR count). The van der Waals surface area contributed by atoms with Gasteiger partial charge in [0.15, 0.2) is 5.12 Å². The van der Waals surface area contributed by atoms with Crippen molar-refractivity contribution in [1.29, 1.82) is 0 Å². The predicted molar refractivity (Wildman–Crippen MR) is 95.3 cm³/mol. The molecule has 3 nitrogen and oxygen atoms in total. The topological polar surface area (TPSA) is 54.4 Å². The molecule has 126 valence electrons. The van der Waals surface area contributed by atoms with E-state index < -0.39 is 11.2 Å². The van der Waals surface area contributed by atoms with Crippen LogP contribution in [0.2, 0.25) is 5.02 Å². The van der Waals surface area contributed by atoms with Gasteiger partial charge < -0.3 is 5.11 Å². The highest BCUT2D eigenvalue weighted by molar-refractivity contribution is 8.14. The molecule has 1 aliphatic carbocycles. The number of aliphatic carboxylic acids is 1. The first kappa shape index (κ1) is 18.3. The highest BCUT2D eigenvalue weighted by atomic mass is 35.5. The van der Waals surface area contributed by atoms with Crippen LogP contribution in [0, 0.1) is 0 Å². The van der Waals surface area contributed by atoms with E-state index in [1.165, 1.54) is 44.6 Å². The number of rotatable bonds is 6. The van der Waals surface area contributed by atoms with Crippen molar-refractivity contribution in [3.05, 3.63) is 34.3 Å². The number of benzene rings is 1. The highest BCUT2D eigenvalue weighted by Crippen LogP contribution is 2.36. The van der Waals surface area contributed by atoms with Gasteiger partial charge in [-0.05, 0) is 48.8 Å². The van der Waals surface area contributed by atoms with Crippen LogP contribution >= 0.6 is 23.4 Å². The molecule has 0 bridgehead atoms. The zero-order valence-corrected chi connectivity index (χ0v) is 15.0. The van der Waals surface area contributed by atoms with Crippen LogP contribution in [0.1, 0.15) is 62.5 Å². The van der Waals surface area contributed by atoms with Crippen LogP contribution in [0.5, 0.6) is 0 Å². The summed E-state index contributed by atoms with van der Waals surface area (Å²) in [5.74, 6) is -0.375. The largest absolute Gasteiger partial charge is 0.480 e. The van der Waals surface area contributed by atoms with Gasteiger partial charge in [-0.25, -0.2) is 0 Å². The zero-order valence-electron chi connectivity index (χ0n) is 13.4. The molecule has 1 fully saturated rings. The molecular formula is C18H23ClO3S. The molecule has 1 aromatic rings. The fraction of sp³-hybridized carbons (Fsp3) is 0.556. The quantitative estimate of drug-likeness (QED) is 0.776. The van der Waals surface area contributed by atoms with Crippen molar-refractivity contribution in [2.45, 2.75) is 63.0 Å². The Bertz CT molecular complexity index is 567. The summed E-state index contributed by atoms with van der Waals surface area (Å²) in [5.41, 5.74) is 2.26. The van der Waals surface area contributed by atoms with Crippen molar-refractivity contribution < 1.29 is 14.7 Å². The monoisotopic (exact) mass is 354 g/mol. The van der Waals surface area contributed by atoms with E-state index in [-0.39, 0.29) is 5.12 Å². The third kappa shape index (κ3) is 5.54. The van der Waals surface area contributed by atoms with Gasteiger partial charge in [0.25, 0.3) is 0 Å². The molecule has 1 aromatic carbocycles. The van der Waals surface area contributed by atoms with E-state index in [9.17, 15) is 9.59 Å². The molecule has 0 aromatic heterocycles. The number of hydrogen-bond donors (Lipinski definition) is 1. The normalized spacial score (nSPS) is 17.0. The van der Waals surface area contributed by atoms with Gasteiger partial charge in [0.05, 0.1) is 0 Å². The van der Waals surface area contributed by atoms with E-state index in [1.54, 1.807) is 0 Å².